The number of amides is 1. The summed E-state index contributed by atoms with van der Waals surface area (Å²) in [6, 6.07) is 2.17. The summed E-state index contributed by atoms with van der Waals surface area (Å²) in [5.41, 5.74) is -0.993. The van der Waals surface area contributed by atoms with Crippen LogP contribution in [0.25, 0.3) is 0 Å². The van der Waals surface area contributed by atoms with Crippen LogP contribution < -0.4 is 0 Å². The summed E-state index contributed by atoms with van der Waals surface area (Å²) >= 11 is 0. The SMILES string of the molecule is CCCC(C#N)(CCC)C(=O)N1CC(O)C(O)C1. The van der Waals surface area contributed by atoms with E-state index in [2.05, 4.69) is 6.07 Å². The van der Waals surface area contributed by atoms with Crippen molar-refractivity contribution < 1.29 is 15.0 Å². The van der Waals surface area contributed by atoms with Crippen LogP contribution in [0.15, 0.2) is 0 Å². The molecule has 0 aliphatic carbocycles. The number of hydrogen-bond donors (Lipinski definition) is 2. The van der Waals surface area contributed by atoms with E-state index in [0.29, 0.717) is 12.8 Å². The lowest BCUT2D eigenvalue weighted by molar-refractivity contribution is -0.139. The van der Waals surface area contributed by atoms with Crippen LogP contribution in [0.2, 0.25) is 0 Å². The monoisotopic (exact) mass is 254 g/mol. The van der Waals surface area contributed by atoms with Gasteiger partial charge in [-0.25, -0.2) is 0 Å². The van der Waals surface area contributed by atoms with Gasteiger partial charge in [-0.3, -0.25) is 4.79 Å². The Kier molecular flexibility index (Phi) is 5.12. The molecule has 18 heavy (non-hydrogen) atoms. The van der Waals surface area contributed by atoms with Crippen LogP contribution in [0.3, 0.4) is 0 Å². The van der Waals surface area contributed by atoms with Crippen LogP contribution in [0.1, 0.15) is 39.5 Å². The molecule has 1 aliphatic rings. The lowest BCUT2D eigenvalue weighted by Gasteiger charge is -2.29. The quantitative estimate of drug-likeness (QED) is 0.755. The molecule has 1 heterocycles. The van der Waals surface area contributed by atoms with Crippen LogP contribution in [0.5, 0.6) is 0 Å². The number of β-amino-alcohol motifs (C(OH)–C–C–N with tert-alkyl or cyclic N) is 2. The zero-order valence-electron chi connectivity index (χ0n) is 11.1. The molecule has 2 unspecified atom stereocenters. The Labute approximate surface area is 108 Å². The molecule has 0 radical (unpaired) electrons. The van der Waals surface area contributed by atoms with Crippen molar-refractivity contribution in [2.24, 2.45) is 5.41 Å². The minimum Gasteiger partial charge on any atom is -0.388 e. The lowest BCUT2D eigenvalue weighted by atomic mass is 9.79. The Balaban J connectivity index is 2.86. The van der Waals surface area contributed by atoms with Crippen molar-refractivity contribution in [1.82, 2.24) is 4.90 Å². The van der Waals surface area contributed by atoms with E-state index in [-0.39, 0.29) is 19.0 Å². The van der Waals surface area contributed by atoms with Crippen molar-refractivity contribution in [2.75, 3.05) is 13.1 Å². The van der Waals surface area contributed by atoms with E-state index in [4.69, 9.17) is 0 Å². The van der Waals surface area contributed by atoms with Crippen molar-refractivity contribution in [2.45, 2.75) is 51.7 Å². The Morgan fingerprint density at radius 3 is 2.06 bits per heavy atom. The first-order valence-corrected chi connectivity index (χ1v) is 6.57. The molecule has 5 heteroatoms. The van der Waals surface area contributed by atoms with Gasteiger partial charge in [0.15, 0.2) is 0 Å². The van der Waals surface area contributed by atoms with Gasteiger partial charge < -0.3 is 15.1 Å². The van der Waals surface area contributed by atoms with Gasteiger partial charge in [-0.05, 0) is 12.8 Å². The molecule has 102 valence electrons. The smallest absolute Gasteiger partial charge is 0.243 e. The number of carbonyl (C=O) groups is 1. The number of carbonyl (C=O) groups excluding carboxylic acids is 1. The summed E-state index contributed by atoms with van der Waals surface area (Å²) in [6.45, 7) is 4.14. The summed E-state index contributed by atoms with van der Waals surface area (Å²) in [4.78, 5) is 13.9. The Bertz CT molecular complexity index is 322. The van der Waals surface area contributed by atoms with Crippen LogP contribution in [0, 0.1) is 16.7 Å². The predicted molar refractivity (Wildman–Crippen MR) is 66.5 cm³/mol. The van der Waals surface area contributed by atoms with Gasteiger partial charge in [0.2, 0.25) is 5.91 Å². The van der Waals surface area contributed by atoms with Crippen LogP contribution in [0.4, 0.5) is 0 Å². The fourth-order valence-electron chi connectivity index (χ4n) is 2.59. The van der Waals surface area contributed by atoms with Crippen molar-refractivity contribution in [3.8, 4) is 6.07 Å². The third-order valence-corrected chi connectivity index (χ3v) is 3.52. The average Bonchev–Trinajstić information content (AvgIpc) is 2.68. The highest BCUT2D eigenvalue weighted by atomic mass is 16.3. The number of aliphatic hydroxyl groups is 2. The van der Waals surface area contributed by atoms with Gasteiger partial charge in [-0.15, -0.1) is 0 Å². The Hall–Kier alpha value is -1.12. The van der Waals surface area contributed by atoms with E-state index in [9.17, 15) is 20.3 Å². The molecule has 1 amide bonds. The number of nitrogens with zero attached hydrogens (tertiary/aromatic N) is 2. The van der Waals surface area contributed by atoms with Gasteiger partial charge in [-0.2, -0.15) is 5.26 Å². The first kappa shape index (κ1) is 14.9. The second-order valence-corrected chi connectivity index (χ2v) is 5.04. The fraction of sp³-hybridized carbons (Fsp3) is 0.846. The van der Waals surface area contributed by atoms with Crippen molar-refractivity contribution in [3.63, 3.8) is 0 Å². The molecule has 0 aromatic rings. The van der Waals surface area contributed by atoms with Gasteiger partial charge in [0, 0.05) is 13.1 Å². The second-order valence-electron chi connectivity index (χ2n) is 5.04. The minimum atomic E-state index is -0.993. The number of aliphatic hydroxyl groups excluding tert-OH is 2. The van der Waals surface area contributed by atoms with E-state index >= 15 is 0 Å². The maximum Gasteiger partial charge on any atom is 0.243 e. The molecule has 5 nitrogen and oxygen atoms in total. The molecule has 1 saturated heterocycles. The average molecular weight is 254 g/mol. The summed E-state index contributed by atoms with van der Waals surface area (Å²) in [7, 11) is 0. The molecular weight excluding hydrogens is 232 g/mol. The molecule has 1 aliphatic heterocycles. The summed E-state index contributed by atoms with van der Waals surface area (Å²) < 4.78 is 0. The van der Waals surface area contributed by atoms with E-state index in [1.807, 2.05) is 13.8 Å². The van der Waals surface area contributed by atoms with Gasteiger partial charge in [-0.1, -0.05) is 26.7 Å². The first-order valence-electron chi connectivity index (χ1n) is 6.57. The van der Waals surface area contributed by atoms with Gasteiger partial charge in [0.05, 0.1) is 18.3 Å². The highest BCUT2D eigenvalue weighted by molar-refractivity contribution is 5.85. The number of likely N-dealkylation sites (tertiary alicyclic amines) is 1. The second kappa shape index (κ2) is 6.17. The van der Waals surface area contributed by atoms with Crippen molar-refractivity contribution in [1.29, 1.82) is 5.26 Å². The Morgan fingerprint density at radius 2 is 1.72 bits per heavy atom. The zero-order valence-corrected chi connectivity index (χ0v) is 11.1. The van der Waals surface area contributed by atoms with Crippen LogP contribution >= 0.6 is 0 Å². The van der Waals surface area contributed by atoms with E-state index in [1.165, 1.54) is 4.90 Å². The van der Waals surface area contributed by atoms with Crippen LogP contribution in [-0.4, -0.2) is 46.3 Å². The third-order valence-electron chi connectivity index (χ3n) is 3.52. The van der Waals surface area contributed by atoms with E-state index in [1.54, 1.807) is 0 Å². The molecule has 0 aromatic carbocycles. The largest absolute Gasteiger partial charge is 0.388 e. The third kappa shape index (κ3) is 2.82. The Morgan fingerprint density at radius 1 is 1.28 bits per heavy atom. The zero-order chi connectivity index (χ0) is 13.8. The summed E-state index contributed by atoms with van der Waals surface area (Å²) in [5.74, 6) is -0.246. The number of hydrogen-bond acceptors (Lipinski definition) is 4. The van der Waals surface area contributed by atoms with E-state index in [0.717, 1.165) is 12.8 Å². The van der Waals surface area contributed by atoms with E-state index < -0.39 is 17.6 Å². The molecule has 1 fully saturated rings. The maximum atomic E-state index is 12.5. The number of nitriles is 1. The molecule has 0 bridgehead atoms. The van der Waals surface area contributed by atoms with Gasteiger partial charge >= 0.3 is 0 Å². The molecule has 0 spiro atoms. The minimum absolute atomic E-state index is 0.122. The molecule has 0 aromatic heterocycles. The topological polar surface area (TPSA) is 84.6 Å². The van der Waals surface area contributed by atoms with Crippen molar-refractivity contribution >= 4 is 5.91 Å². The van der Waals surface area contributed by atoms with Gasteiger partial charge in [0.1, 0.15) is 5.41 Å². The first-order chi connectivity index (χ1) is 8.50. The van der Waals surface area contributed by atoms with Gasteiger partial charge in [0.25, 0.3) is 0 Å². The number of rotatable bonds is 5. The highest BCUT2D eigenvalue weighted by Crippen LogP contribution is 2.32. The molecule has 2 atom stereocenters. The maximum absolute atomic E-state index is 12.5. The lowest BCUT2D eigenvalue weighted by Crippen LogP contribution is -2.42. The molecule has 2 N–H and O–H groups in total. The predicted octanol–water partition coefficient (Wildman–Crippen LogP) is 0.661. The molecule has 1 rings (SSSR count). The van der Waals surface area contributed by atoms with Crippen molar-refractivity contribution in [3.05, 3.63) is 0 Å². The molecule has 0 saturated carbocycles. The highest BCUT2D eigenvalue weighted by Gasteiger charge is 2.44. The summed E-state index contributed by atoms with van der Waals surface area (Å²) in [6.07, 6.45) is 0.788. The summed E-state index contributed by atoms with van der Waals surface area (Å²) in [5, 5.41) is 28.4. The van der Waals surface area contributed by atoms with Crippen LogP contribution in [-0.2, 0) is 4.79 Å². The fourth-order valence-corrected chi connectivity index (χ4v) is 2.59. The molecular formula is C13H22N2O3. The normalized spacial score (nSPS) is 24.1. The standard InChI is InChI=1S/C13H22N2O3/c1-3-5-13(9-14,6-4-2)12(18)15-7-10(16)11(17)8-15/h10-11,16-17H,3-8H2,1-2H3.